The summed E-state index contributed by atoms with van der Waals surface area (Å²) in [6.45, 7) is 1.39. The molecule has 1 aliphatic carbocycles. The van der Waals surface area contributed by atoms with Crippen LogP contribution < -0.4 is 10.5 Å². The van der Waals surface area contributed by atoms with Gasteiger partial charge in [-0.3, -0.25) is 4.79 Å². The van der Waals surface area contributed by atoms with E-state index in [2.05, 4.69) is 0 Å². The number of amides is 1. The Balaban J connectivity index is 1.55. The molecule has 0 bridgehead atoms. The Morgan fingerprint density at radius 1 is 1.43 bits per heavy atom. The zero-order valence-corrected chi connectivity index (χ0v) is 12.4. The van der Waals surface area contributed by atoms with Gasteiger partial charge in [0.05, 0.1) is 5.02 Å². The summed E-state index contributed by atoms with van der Waals surface area (Å²) >= 11 is 5.86. The lowest BCUT2D eigenvalue weighted by molar-refractivity contribution is -0.132. The molecule has 1 saturated heterocycles. The Hall–Kier alpha value is -1.33. The molecule has 1 aromatic carbocycles. The first-order valence-corrected chi connectivity index (χ1v) is 7.53. The third-order valence-corrected chi connectivity index (χ3v) is 4.81. The van der Waals surface area contributed by atoms with E-state index in [-0.39, 0.29) is 23.6 Å². The summed E-state index contributed by atoms with van der Waals surface area (Å²) in [5.41, 5.74) is 6.06. The highest BCUT2D eigenvalue weighted by molar-refractivity contribution is 6.32. The van der Waals surface area contributed by atoms with Crippen LogP contribution in [0.3, 0.4) is 0 Å². The van der Waals surface area contributed by atoms with Crippen LogP contribution >= 0.6 is 11.6 Å². The van der Waals surface area contributed by atoms with Crippen LogP contribution in [0.15, 0.2) is 18.2 Å². The van der Waals surface area contributed by atoms with Crippen molar-refractivity contribution in [1.29, 1.82) is 0 Å². The molecule has 0 aromatic heterocycles. The quantitative estimate of drug-likeness (QED) is 0.929. The van der Waals surface area contributed by atoms with Gasteiger partial charge in [-0.1, -0.05) is 11.6 Å². The number of nitrogens with two attached hydrogens (primary N) is 1. The van der Waals surface area contributed by atoms with Gasteiger partial charge in [0.2, 0.25) is 0 Å². The van der Waals surface area contributed by atoms with Crippen molar-refractivity contribution >= 4 is 17.5 Å². The summed E-state index contributed by atoms with van der Waals surface area (Å²) in [5.74, 6) is 0.765. The first-order chi connectivity index (χ1) is 10.0. The maximum atomic E-state index is 12.9. The molecule has 2 fully saturated rings. The number of fused-ring (bicyclic) bond motifs is 1. The van der Waals surface area contributed by atoms with E-state index in [1.54, 1.807) is 0 Å². The summed E-state index contributed by atoms with van der Waals surface area (Å²) in [6.07, 6.45) is 2.15. The number of benzene rings is 1. The Morgan fingerprint density at radius 3 is 2.95 bits per heavy atom. The minimum atomic E-state index is -0.431. The zero-order chi connectivity index (χ0) is 15.0. The van der Waals surface area contributed by atoms with Crippen LogP contribution in [-0.4, -0.2) is 36.5 Å². The van der Waals surface area contributed by atoms with Crippen LogP contribution in [0.2, 0.25) is 5.02 Å². The Kier molecular flexibility index (Phi) is 4.04. The van der Waals surface area contributed by atoms with E-state index in [4.69, 9.17) is 22.1 Å². The molecule has 21 heavy (non-hydrogen) atoms. The summed E-state index contributed by atoms with van der Waals surface area (Å²) in [7, 11) is 0. The van der Waals surface area contributed by atoms with Gasteiger partial charge in [-0.05, 0) is 42.9 Å². The highest BCUT2D eigenvalue weighted by Crippen LogP contribution is 2.37. The summed E-state index contributed by atoms with van der Waals surface area (Å²) < 4.78 is 18.3. The smallest absolute Gasteiger partial charge is 0.260 e. The third-order valence-electron chi connectivity index (χ3n) is 4.51. The van der Waals surface area contributed by atoms with Gasteiger partial charge in [0.25, 0.3) is 5.91 Å². The number of halogens is 2. The fraction of sp³-hybridized carbons (Fsp3) is 0.533. The Labute approximate surface area is 128 Å². The van der Waals surface area contributed by atoms with Crippen molar-refractivity contribution < 1.29 is 13.9 Å². The maximum absolute atomic E-state index is 12.9. The number of nitrogens with zero attached hydrogens (tertiary/aromatic N) is 1. The largest absolute Gasteiger partial charge is 0.482 e. The molecule has 0 spiro atoms. The molecule has 1 amide bonds. The highest BCUT2D eigenvalue weighted by atomic mass is 35.5. The molecule has 1 aromatic rings. The number of carbonyl (C=O) groups excluding carboxylic acids is 1. The van der Waals surface area contributed by atoms with Crippen LogP contribution in [0.5, 0.6) is 5.75 Å². The van der Waals surface area contributed by atoms with Crippen molar-refractivity contribution in [3.8, 4) is 5.75 Å². The fourth-order valence-electron chi connectivity index (χ4n) is 3.33. The van der Waals surface area contributed by atoms with E-state index >= 15 is 0 Å². The molecule has 4 nitrogen and oxygen atoms in total. The van der Waals surface area contributed by atoms with Gasteiger partial charge in [0.15, 0.2) is 6.61 Å². The number of carbonyl (C=O) groups is 1. The lowest BCUT2D eigenvalue weighted by Gasteiger charge is -2.19. The van der Waals surface area contributed by atoms with Crippen molar-refractivity contribution in [3.63, 3.8) is 0 Å². The van der Waals surface area contributed by atoms with Crippen LogP contribution in [0.25, 0.3) is 0 Å². The van der Waals surface area contributed by atoms with Crippen LogP contribution in [-0.2, 0) is 4.79 Å². The van der Waals surface area contributed by atoms with E-state index < -0.39 is 5.82 Å². The Bertz CT molecular complexity index is 554. The molecule has 114 valence electrons. The molecular formula is C15H18ClFN2O2. The van der Waals surface area contributed by atoms with E-state index in [1.807, 2.05) is 4.90 Å². The second-order valence-corrected chi connectivity index (χ2v) is 6.23. The topological polar surface area (TPSA) is 55.6 Å². The molecule has 2 N–H and O–H groups in total. The van der Waals surface area contributed by atoms with Gasteiger partial charge in [0, 0.05) is 19.1 Å². The van der Waals surface area contributed by atoms with Crippen molar-refractivity contribution in [2.24, 2.45) is 17.6 Å². The van der Waals surface area contributed by atoms with Crippen molar-refractivity contribution in [2.45, 2.75) is 18.9 Å². The molecule has 3 unspecified atom stereocenters. The molecule has 6 heteroatoms. The summed E-state index contributed by atoms with van der Waals surface area (Å²) in [5, 5.41) is 0.170. The van der Waals surface area contributed by atoms with Gasteiger partial charge < -0.3 is 15.4 Å². The molecule has 3 atom stereocenters. The van der Waals surface area contributed by atoms with E-state index in [9.17, 15) is 9.18 Å². The second-order valence-electron chi connectivity index (χ2n) is 5.83. The SMILES string of the molecule is NC1CCC2CN(C(=O)COc3ccc(F)cc3Cl)CC12. The van der Waals surface area contributed by atoms with Gasteiger partial charge in [-0.25, -0.2) is 4.39 Å². The Morgan fingerprint density at radius 2 is 2.24 bits per heavy atom. The number of rotatable bonds is 3. The fourth-order valence-corrected chi connectivity index (χ4v) is 3.56. The summed E-state index contributed by atoms with van der Waals surface area (Å²) in [4.78, 5) is 14.0. The van der Waals surface area contributed by atoms with Gasteiger partial charge in [-0.2, -0.15) is 0 Å². The van der Waals surface area contributed by atoms with E-state index in [1.165, 1.54) is 18.2 Å². The van der Waals surface area contributed by atoms with Gasteiger partial charge >= 0.3 is 0 Å². The van der Waals surface area contributed by atoms with Crippen LogP contribution in [0.4, 0.5) is 4.39 Å². The minimum Gasteiger partial charge on any atom is -0.482 e. The third kappa shape index (κ3) is 2.99. The molecule has 3 rings (SSSR count). The van der Waals surface area contributed by atoms with Crippen molar-refractivity contribution in [2.75, 3.05) is 19.7 Å². The van der Waals surface area contributed by atoms with E-state index in [0.29, 0.717) is 24.1 Å². The van der Waals surface area contributed by atoms with E-state index in [0.717, 1.165) is 19.4 Å². The maximum Gasteiger partial charge on any atom is 0.260 e. The normalized spacial score (nSPS) is 27.8. The minimum absolute atomic E-state index is 0.0722. The number of hydrogen-bond acceptors (Lipinski definition) is 3. The zero-order valence-electron chi connectivity index (χ0n) is 11.6. The highest BCUT2D eigenvalue weighted by Gasteiger charge is 2.42. The average molecular weight is 313 g/mol. The molecule has 2 aliphatic rings. The predicted molar refractivity (Wildman–Crippen MR) is 77.7 cm³/mol. The lowest BCUT2D eigenvalue weighted by Crippen LogP contribution is -2.36. The number of hydrogen-bond donors (Lipinski definition) is 1. The molecule has 1 saturated carbocycles. The van der Waals surface area contributed by atoms with Gasteiger partial charge in [-0.15, -0.1) is 0 Å². The van der Waals surface area contributed by atoms with Gasteiger partial charge in [0.1, 0.15) is 11.6 Å². The second kappa shape index (κ2) is 5.81. The van der Waals surface area contributed by atoms with Crippen molar-refractivity contribution in [3.05, 3.63) is 29.0 Å². The van der Waals surface area contributed by atoms with Crippen LogP contribution in [0, 0.1) is 17.7 Å². The molecule has 0 radical (unpaired) electrons. The molecule has 1 aliphatic heterocycles. The van der Waals surface area contributed by atoms with Crippen LogP contribution in [0.1, 0.15) is 12.8 Å². The van der Waals surface area contributed by atoms with Crippen molar-refractivity contribution in [1.82, 2.24) is 4.90 Å². The molecule has 1 heterocycles. The first kappa shape index (κ1) is 14.6. The lowest BCUT2D eigenvalue weighted by atomic mass is 9.98. The molecular weight excluding hydrogens is 295 g/mol. The summed E-state index contributed by atoms with van der Waals surface area (Å²) in [6, 6.07) is 4.06. The predicted octanol–water partition coefficient (Wildman–Crippen LogP) is 2.05. The number of likely N-dealkylation sites (tertiary alicyclic amines) is 1. The average Bonchev–Trinajstić information content (AvgIpc) is 3.00. The number of ether oxygens (including phenoxy) is 1. The first-order valence-electron chi connectivity index (χ1n) is 7.16. The monoisotopic (exact) mass is 312 g/mol. The standard InChI is InChI=1S/C15H18ClFN2O2/c16-12-5-10(17)2-4-14(12)21-8-15(20)19-6-9-1-3-13(18)11(9)7-19/h2,4-5,9,11,13H,1,3,6-8,18H2.